The summed E-state index contributed by atoms with van der Waals surface area (Å²) in [5, 5.41) is 5.56. The van der Waals surface area contributed by atoms with Gasteiger partial charge in [-0.15, -0.1) is 11.3 Å². The number of methoxy groups -OCH3 is 2. The van der Waals surface area contributed by atoms with Crippen molar-refractivity contribution in [3.05, 3.63) is 34.3 Å². The zero-order valence-corrected chi connectivity index (χ0v) is 15.8. The average molecular weight is 381 g/mol. The number of carbonyl (C=O) groups excluding carboxylic acids is 2. The Kier molecular flexibility index (Phi) is 7.08. The van der Waals surface area contributed by atoms with Crippen LogP contribution in [0.5, 0.6) is 11.5 Å². The molecule has 2 aromatic rings. The summed E-state index contributed by atoms with van der Waals surface area (Å²) < 4.78 is 10.6. The van der Waals surface area contributed by atoms with Crippen LogP contribution >= 0.6 is 23.1 Å². The number of carbonyl (C=O) groups is 2. The van der Waals surface area contributed by atoms with Crippen LogP contribution in [-0.4, -0.2) is 43.0 Å². The number of hydrogen-bond acceptors (Lipinski definition) is 7. The quantitative estimate of drug-likeness (QED) is 0.730. The van der Waals surface area contributed by atoms with Gasteiger partial charge in [0.15, 0.2) is 11.5 Å². The maximum absolute atomic E-state index is 12.4. The van der Waals surface area contributed by atoms with Gasteiger partial charge in [0.2, 0.25) is 5.91 Å². The van der Waals surface area contributed by atoms with Crippen molar-refractivity contribution < 1.29 is 19.1 Å². The van der Waals surface area contributed by atoms with E-state index in [0.717, 1.165) is 4.88 Å². The molecule has 0 atom stereocenters. The Morgan fingerprint density at radius 1 is 1.28 bits per heavy atom. The molecule has 0 aliphatic heterocycles. The number of benzene rings is 1. The molecule has 2 rings (SSSR count). The molecule has 1 heterocycles. The van der Waals surface area contributed by atoms with E-state index >= 15 is 0 Å². The Labute approximate surface area is 154 Å². The van der Waals surface area contributed by atoms with Crippen LogP contribution in [0, 0.1) is 0 Å². The van der Waals surface area contributed by atoms with Gasteiger partial charge in [0.25, 0.3) is 5.91 Å². The molecule has 0 unspecified atom stereocenters. The smallest absolute Gasteiger partial charge is 0.251 e. The molecule has 7 nitrogen and oxygen atoms in total. The van der Waals surface area contributed by atoms with Crippen LogP contribution < -0.4 is 20.1 Å². The first kappa shape index (κ1) is 19.1. The van der Waals surface area contributed by atoms with Gasteiger partial charge in [-0.05, 0) is 18.4 Å². The summed E-state index contributed by atoms with van der Waals surface area (Å²) in [4.78, 5) is 29.3. The molecule has 0 aliphatic carbocycles. The third-order valence-corrected chi connectivity index (χ3v) is 4.53. The topological polar surface area (TPSA) is 89.5 Å². The summed E-state index contributed by atoms with van der Waals surface area (Å²) in [6, 6.07) is 3.15. The first-order chi connectivity index (χ1) is 12.1. The zero-order chi connectivity index (χ0) is 18.2. The van der Waals surface area contributed by atoms with Crippen LogP contribution in [-0.2, 0) is 11.3 Å². The van der Waals surface area contributed by atoms with E-state index in [0.29, 0.717) is 35.0 Å². The lowest BCUT2D eigenvalue weighted by molar-refractivity contribution is -0.113. The summed E-state index contributed by atoms with van der Waals surface area (Å²) in [5.74, 6) is 0.570. The Bertz CT molecular complexity index is 735. The Hall–Kier alpha value is -2.26. The number of amides is 2. The normalized spacial score (nSPS) is 10.2. The number of thioether (sulfide) groups is 1. The Balaban J connectivity index is 2.24. The van der Waals surface area contributed by atoms with E-state index in [1.807, 2.05) is 6.26 Å². The lowest BCUT2D eigenvalue weighted by atomic mass is 10.1. The van der Waals surface area contributed by atoms with Crippen molar-refractivity contribution >= 4 is 40.6 Å². The van der Waals surface area contributed by atoms with Crippen LogP contribution in [0.1, 0.15) is 15.2 Å². The average Bonchev–Trinajstić information content (AvgIpc) is 3.12. The summed E-state index contributed by atoms with van der Waals surface area (Å²) >= 11 is 2.86. The third-order valence-electron chi connectivity index (χ3n) is 3.20. The van der Waals surface area contributed by atoms with Crippen molar-refractivity contribution in [2.45, 2.75) is 6.54 Å². The SMILES string of the molecule is COc1cc(C(=O)NCc2cncs2)cc(NC(=O)CSC)c1OC. The second-order valence-electron chi connectivity index (χ2n) is 4.89. The highest BCUT2D eigenvalue weighted by atomic mass is 32.2. The minimum Gasteiger partial charge on any atom is -0.493 e. The lowest BCUT2D eigenvalue weighted by Gasteiger charge is -2.15. The highest BCUT2D eigenvalue weighted by molar-refractivity contribution is 7.99. The Morgan fingerprint density at radius 3 is 2.68 bits per heavy atom. The zero-order valence-electron chi connectivity index (χ0n) is 14.1. The van der Waals surface area contributed by atoms with Gasteiger partial charge >= 0.3 is 0 Å². The molecule has 9 heteroatoms. The van der Waals surface area contributed by atoms with Crippen LogP contribution in [0.25, 0.3) is 0 Å². The van der Waals surface area contributed by atoms with Gasteiger partial charge in [0.05, 0.1) is 37.7 Å². The summed E-state index contributed by atoms with van der Waals surface area (Å²) in [6.45, 7) is 0.381. The molecular formula is C16H19N3O4S2. The second kappa shape index (κ2) is 9.28. The van der Waals surface area contributed by atoms with Gasteiger partial charge in [-0.2, -0.15) is 11.8 Å². The van der Waals surface area contributed by atoms with Gasteiger partial charge in [-0.25, -0.2) is 0 Å². The van der Waals surface area contributed by atoms with Crippen molar-refractivity contribution in [2.24, 2.45) is 0 Å². The van der Waals surface area contributed by atoms with Gasteiger partial charge in [-0.1, -0.05) is 0 Å². The minimum absolute atomic E-state index is 0.185. The van der Waals surface area contributed by atoms with E-state index in [4.69, 9.17) is 9.47 Å². The first-order valence-electron chi connectivity index (χ1n) is 7.29. The number of anilines is 1. The molecule has 0 aliphatic rings. The molecule has 0 fully saturated rings. The first-order valence-corrected chi connectivity index (χ1v) is 9.56. The van der Waals surface area contributed by atoms with Gasteiger partial charge in [0, 0.05) is 16.6 Å². The highest BCUT2D eigenvalue weighted by Crippen LogP contribution is 2.36. The largest absolute Gasteiger partial charge is 0.493 e. The van der Waals surface area contributed by atoms with Crippen LogP contribution in [0.4, 0.5) is 5.69 Å². The van der Waals surface area contributed by atoms with Gasteiger partial charge < -0.3 is 20.1 Å². The summed E-state index contributed by atoms with van der Waals surface area (Å²) in [5.41, 5.74) is 2.46. The molecule has 2 amide bonds. The molecule has 1 aromatic heterocycles. The standard InChI is InChI=1S/C16H19N3O4S2/c1-22-13-5-10(16(21)18-7-11-6-17-9-25-11)4-12(15(13)23-2)19-14(20)8-24-3/h4-6,9H,7-8H2,1-3H3,(H,18,21)(H,19,20). The molecule has 0 bridgehead atoms. The Morgan fingerprint density at radius 2 is 2.08 bits per heavy atom. The van der Waals surface area contributed by atoms with E-state index < -0.39 is 0 Å². The fourth-order valence-electron chi connectivity index (χ4n) is 2.10. The number of nitrogens with one attached hydrogen (secondary N) is 2. The van der Waals surface area contributed by atoms with Crippen LogP contribution in [0.2, 0.25) is 0 Å². The van der Waals surface area contributed by atoms with Gasteiger partial charge in [0.1, 0.15) is 0 Å². The number of ether oxygens (including phenoxy) is 2. The summed E-state index contributed by atoms with van der Waals surface area (Å²) in [7, 11) is 2.95. The molecule has 1 aromatic carbocycles. The predicted molar refractivity (Wildman–Crippen MR) is 99.8 cm³/mol. The maximum atomic E-state index is 12.4. The fourth-order valence-corrected chi connectivity index (χ4v) is 2.97. The van der Waals surface area contributed by atoms with E-state index in [-0.39, 0.29) is 11.8 Å². The van der Waals surface area contributed by atoms with Crippen LogP contribution in [0.3, 0.4) is 0 Å². The van der Waals surface area contributed by atoms with Crippen molar-refractivity contribution in [1.29, 1.82) is 0 Å². The van der Waals surface area contributed by atoms with Crippen molar-refractivity contribution in [2.75, 3.05) is 31.5 Å². The molecule has 0 saturated carbocycles. The second-order valence-corrected chi connectivity index (χ2v) is 6.73. The summed E-state index contributed by atoms with van der Waals surface area (Å²) in [6.07, 6.45) is 3.54. The van der Waals surface area contributed by atoms with E-state index in [2.05, 4.69) is 15.6 Å². The van der Waals surface area contributed by atoms with E-state index in [9.17, 15) is 9.59 Å². The van der Waals surface area contributed by atoms with Crippen molar-refractivity contribution in [3.63, 3.8) is 0 Å². The molecule has 0 saturated heterocycles. The molecule has 0 spiro atoms. The maximum Gasteiger partial charge on any atom is 0.251 e. The van der Waals surface area contributed by atoms with Crippen LogP contribution in [0.15, 0.2) is 23.8 Å². The lowest BCUT2D eigenvalue weighted by Crippen LogP contribution is -2.23. The van der Waals surface area contributed by atoms with Crippen molar-refractivity contribution in [3.8, 4) is 11.5 Å². The molecular weight excluding hydrogens is 362 g/mol. The number of aromatic nitrogens is 1. The highest BCUT2D eigenvalue weighted by Gasteiger charge is 2.18. The third kappa shape index (κ3) is 5.10. The fraction of sp³-hybridized carbons (Fsp3) is 0.312. The van der Waals surface area contributed by atoms with Gasteiger partial charge in [-0.3, -0.25) is 14.6 Å². The monoisotopic (exact) mass is 381 g/mol. The number of rotatable bonds is 8. The molecule has 2 N–H and O–H groups in total. The molecule has 0 radical (unpaired) electrons. The number of hydrogen-bond donors (Lipinski definition) is 2. The number of nitrogens with zero attached hydrogens (tertiary/aromatic N) is 1. The van der Waals surface area contributed by atoms with Crippen molar-refractivity contribution in [1.82, 2.24) is 10.3 Å². The van der Waals surface area contributed by atoms with E-state index in [1.165, 1.54) is 37.3 Å². The van der Waals surface area contributed by atoms with E-state index in [1.54, 1.807) is 23.8 Å². The minimum atomic E-state index is -0.283. The predicted octanol–water partition coefficient (Wildman–Crippen LogP) is 2.39. The molecule has 134 valence electrons. The number of thiazole rings is 1. The molecule has 25 heavy (non-hydrogen) atoms.